The maximum atomic E-state index is 14.0. The summed E-state index contributed by atoms with van der Waals surface area (Å²) >= 11 is 3.95. The molecule has 1 aromatic rings. The fourth-order valence-electron chi connectivity index (χ4n) is 7.71. The maximum absolute atomic E-state index is 14.0. The number of carbonyl (C=O) groups is 4. The highest BCUT2D eigenvalue weighted by molar-refractivity contribution is 9.09. The molecule has 6 nitrogen and oxygen atoms in total. The molecule has 0 heterocycles. The third-order valence-electron chi connectivity index (χ3n) is 9.56. The molecule has 7 heteroatoms. The first kappa shape index (κ1) is 26.8. The Labute approximate surface area is 231 Å². The van der Waals surface area contributed by atoms with E-state index in [0.717, 1.165) is 5.57 Å². The molecule has 2 fully saturated rings. The average Bonchev–Trinajstić information content (AvgIpc) is 3.11. The minimum absolute atomic E-state index is 0.00858. The molecule has 5 rings (SSSR count). The van der Waals surface area contributed by atoms with Crippen molar-refractivity contribution in [2.75, 3.05) is 6.61 Å². The molecule has 0 amide bonds. The predicted octanol–water partition coefficient (Wildman–Crippen LogP) is 5.56. The van der Waals surface area contributed by atoms with Gasteiger partial charge in [0, 0.05) is 28.5 Å². The normalized spacial score (nSPS) is 37.2. The van der Waals surface area contributed by atoms with Crippen LogP contribution in [0.25, 0.3) is 0 Å². The Kier molecular flexibility index (Phi) is 6.65. The molecule has 0 aromatic heterocycles. The molecule has 4 aliphatic rings. The molecule has 0 bridgehead atoms. The van der Waals surface area contributed by atoms with Crippen molar-refractivity contribution in [3.05, 3.63) is 71.3 Å². The molecule has 1 aromatic carbocycles. The van der Waals surface area contributed by atoms with Gasteiger partial charge in [0.25, 0.3) is 0 Å². The predicted molar refractivity (Wildman–Crippen MR) is 145 cm³/mol. The lowest BCUT2D eigenvalue weighted by atomic mass is 9.51. The molecule has 0 aliphatic heterocycles. The van der Waals surface area contributed by atoms with E-state index in [-0.39, 0.29) is 39.6 Å². The Morgan fingerprint density at radius 3 is 2.53 bits per heavy atom. The number of hydrogen-bond acceptors (Lipinski definition) is 6. The second kappa shape index (κ2) is 9.44. The number of esters is 2. The lowest BCUT2D eigenvalue weighted by Crippen LogP contribution is -2.60. The summed E-state index contributed by atoms with van der Waals surface area (Å²) in [6.45, 7) is 6.99. The third kappa shape index (κ3) is 3.88. The molecule has 0 saturated heterocycles. The van der Waals surface area contributed by atoms with Crippen LogP contribution in [-0.4, -0.2) is 40.5 Å². The highest BCUT2D eigenvalue weighted by atomic mass is 79.9. The highest BCUT2D eigenvalue weighted by Crippen LogP contribution is 2.68. The molecule has 38 heavy (non-hydrogen) atoms. The van der Waals surface area contributed by atoms with Crippen LogP contribution >= 0.6 is 15.9 Å². The zero-order valence-corrected chi connectivity index (χ0v) is 23.7. The molecule has 0 N–H and O–H groups in total. The summed E-state index contributed by atoms with van der Waals surface area (Å²) in [4.78, 5) is 51.4. The molecular formula is C31H33BrO6. The zero-order valence-electron chi connectivity index (χ0n) is 22.2. The van der Waals surface area contributed by atoms with Crippen LogP contribution in [0.5, 0.6) is 0 Å². The Hall–Kier alpha value is -2.80. The van der Waals surface area contributed by atoms with Gasteiger partial charge in [-0.15, -0.1) is 0 Å². The van der Waals surface area contributed by atoms with Crippen LogP contribution < -0.4 is 0 Å². The number of allylic oxidation sites excluding steroid dienone is 6. The van der Waals surface area contributed by atoms with Crippen LogP contribution in [0.15, 0.2) is 65.8 Å². The van der Waals surface area contributed by atoms with Crippen molar-refractivity contribution in [2.45, 2.75) is 57.4 Å². The Morgan fingerprint density at radius 2 is 1.84 bits per heavy atom. The van der Waals surface area contributed by atoms with Gasteiger partial charge in [0.05, 0.1) is 5.56 Å². The van der Waals surface area contributed by atoms with E-state index < -0.39 is 29.6 Å². The Balaban J connectivity index is 1.61. The van der Waals surface area contributed by atoms with Crippen molar-refractivity contribution >= 4 is 39.4 Å². The van der Waals surface area contributed by atoms with E-state index in [1.165, 1.54) is 12.5 Å². The summed E-state index contributed by atoms with van der Waals surface area (Å²) in [5.74, 6) is -1.69. The highest BCUT2D eigenvalue weighted by Gasteiger charge is 2.71. The number of Topliss-reactive ketones (excluding diaryl/α,β-unsaturated/α-hetero) is 1. The van der Waals surface area contributed by atoms with Crippen molar-refractivity contribution in [3.63, 3.8) is 0 Å². The van der Waals surface area contributed by atoms with E-state index in [1.807, 2.05) is 26.0 Å². The number of carbonyl (C=O) groups excluding carboxylic acids is 4. The van der Waals surface area contributed by atoms with Gasteiger partial charge < -0.3 is 9.47 Å². The summed E-state index contributed by atoms with van der Waals surface area (Å²) in [5, 5.41) is 0. The van der Waals surface area contributed by atoms with Gasteiger partial charge in [0.15, 0.2) is 18.0 Å². The Morgan fingerprint density at radius 1 is 1.13 bits per heavy atom. The summed E-state index contributed by atoms with van der Waals surface area (Å²) in [7, 11) is 0. The average molecular weight is 582 g/mol. The van der Waals surface area contributed by atoms with Gasteiger partial charge in [0.1, 0.15) is 0 Å². The van der Waals surface area contributed by atoms with Crippen LogP contribution in [0, 0.1) is 28.6 Å². The molecular weight excluding hydrogens is 548 g/mol. The van der Waals surface area contributed by atoms with Gasteiger partial charge in [-0.3, -0.25) is 14.4 Å². The van der Waals surface area contributed by atoms with Crippen LogP contribution in [0.3, 0.4) is 0 Å². The van der Waals surface area contributed by atoms with Crippen LogP contribution in [0.4, 0.5) is 0 Å². The van der Waals surface area contributed by atoms with Crippen molar-refractivity contribution < 1.29 is 28.7 Å². The second-order valence-electron chi connectivity index (χ2n) is 11.6. The molecule has 2 saturated carbocycles. The summed E-state index contributed by atoms with van der Waals surface area (Å²) in [5.41, 5.74) is 0.157. The maximum Gasteiger partial charge on any atom is 0.339 e. The van der Waals surface area contributed by atoms with Crippen molar-refractivity contribution in [1.82, 2.24) is 0 Å². The minimum Gasteiger partial charge on any atom is -0.458 e. The molecule has 0 radical (unpaired) electrons. The largest absolute Gasteiger partial charge is 0.458 e. The number of halogens is 1. The molecule has 0 unspecified atom stereocenters. The molecule has 200 valence electrons. The smallest absolute Gasteiger partial charge is 0.339 e. The van der Waals surface area contributed by atoms with Gasteiger partial charge in [-0.1, -0.05) is 71.3 Å². The number of rotatable bonds is 5. The topological polar surface area (TPSA) is 86.7 Å². The van der Waals surface area contributed by atoms with Crippen LogP contribution in [0.1, 0.15) is 57.3 Å². The summed E-state index contributed by atoms with van der Waals surface area (Å²) in [6.07, 6.45) is 9.52. The first-order chi connectivity index (χ1) is 17.9. The second-order valence-corrected chi connectivity index (χ2v) is 12.7. The van der Waals surface area contributed by atoms with E-state index in [2.05, 4.69) is 28.9 Å². The SMILES string of the molecule is CC(=O)OCC(=O)[C@]1(OC(=O)c2ccccc2)[C@H](C)C[C@H]2[C@H]3C(=CC[C@@]21C)[C@@]1(C)C=CC(=O)C=C1C[C@H]3Br. The monoisotopic (exact) mass is 580 g/mol. The Bertz CT molecular complexity index is 1290. The van der Waals surface area contributed by atoms with E-state index in [0.29, 0.717) is 24.8 Å². The van der Waals surface area contributed by atoms with Crippen molar-refractivity contribution in [1.29, 1.82) is 0 Å². The number of ketones is 2. The standard InChI is InChI=1S/C31H33BrO6/c1-18-14-24-27-23(29(3)12-10-22(34)15-21(29)16-25(27)32)11-13-30(24,4)31(18,26(35)17-37-19(2)33)38-28(36)20-8-6-5-7-9-20/h5-12,15,18,24-25,27H,13-14,16-17H2,1-4H3/t18-,24+,25-,27-,29+,30+,31-/m1/s1. The number of alkyl halides is 1. The van der Waals surface area contributed by atoms with Crippen molar-refractivity contribution in [2.24, 2.45) is 28.6 Å². The third-order valence-corrected chi connectivity index (χ3v) is 10.5. The van der Waals surface area contributed by atoms with Gasteiger partial charge >= 0.3 is 11.9 Å². The van der Waals surface area contributed by atoms with E-state index in [9.17, 15) is 19.2 Å². The molecule has 7 atom stereocenters. The lowest BCUT2D eigenvalue weighted by Gasteiger charge is -2.55. The number of benzene rings is 1. The number of fused-ring (bicyclic) bond motifs is 5. The number of hydrogen-bond donors (Lipinski definition) is 0. The number of ether oxygens (including phenoxy) is 2. The zero-order chi connectivity index (χ0) is 27.5. The van der Waals surface area contributed by atoms with Gasteiger partial charge in [-0.25, -0.2) is 4.79 Å². The quantitative estimate of drug-likeness (QED) is 0.257. The first-order valence-electron chi connectivity index (χ1n) is 13.2. The fraction of sp³-hybridized carbons (Fsp3) is 0.484. The van der Waals surface area contributed by atoms with E-state index in [4.69, 9.17) is 9.47 Å². The molecule has 0 spiro atoms. The fourth-order valence-corrected chi connectivity index (χ4v) is 8.71. The van der Waals surface area contributed by atoms with E-state index in [1.54, 1.807) is 36.4 Å². The van der Waals surface area contributed by atoms with Gasteiger partial charge in [-0.05, 0) is 62.3 Å². The van der Waals surface area contributed by atoms with Gasteiger partial charge in [0.2, 0.25) is 5.78 Å². The lowest BCUT2D eigenvalue weighted by molar-refractivity contribution is -0.168. The molecule has 4 aliphatic carbocycles. The van der Waals surface area contributed by atoms with Crippen LogP contribution in [0.2, 0.25) is 0 Å². The van der Waals surface area contributed by atoms with Crippen LogP contribution in [-0.2, 0) is 23.9 Å². The van der Waals surface area contributed by atoms with Crippen molar-refractivity contribution in [3.8, 4) is 0 Å². The first-order valence-corrected chi connectivity index (χ1v) is 14.1. The minimum atomic E-state index is -1.47. The van der Waals surface area contributed by atoms with Gasteiger partial charge in [-0.2, -0.15) is 0 Å². The summed E-state index contributed by atoms with van der Waals surface area (Å²) < 4.78 is 11.5. The van der Waals surface area contributed by atoms with E-state index >= 15 is 0 Å². The summed E-state index contributed by atoms with van der Waals surface area (Å²) in [6, 6.07) is 8.68.